The molecule has 1 aromatic rings. The van der Waals surface area contributed by atoms with Crippen molar-refractivity contribution in [3.63, 3.8) is 0 Å². The first-order valence-corrected chi connectivity index (χ1v) is 7.27. The third-order valence-corrected chi connectivity index (χ3v) is 4.65. The maximum Gasteiger partial charge on any atom is 0.160 e. The van der Waals surface area contributed by atoms with E-state index in [1.54, 1.807) is 0 Å². The molecule has 100 valence electrons. The van der Waals surface area contributed by atoms with Gasteiger partial charge >= 0.3 is 0 Å². The summed E-state index contributed by atoms with van der Waals surface area (Å²) in [4.78, 5) is 2.18. The van der Waals surface area contributed by atoms with Crippen molar-refractivity contribution in [1.29, 1.82) is 0 Å². The molecular weight excluding hydrogens is 295 g/mol. The molecular formula is C14H20BrFN2. The molecule has 0 radical (unpaired) electrons. The van der Waals surface area contributed by atoms with Gasteiger partial charge < -0.3 is 10.6 Å². The van der Waals surface area contributed by atoms with Gasteiger partial charge in [0.25, 0.3) is 0 Å². The van der Waals surface area contributed by atoms with Gasteiger partial charge in [-0.2, -0.15) is 0 Å². The molecule has 2 rings (SSSR count). The van der Waals surface area contributed by atoms with E-state index in [1.807, 2.05) is 12.1 Å². The predicted octanol–water partition coefficient (Wildman–Crippen LogP) is 3.67. The van der Waals surface area contributed by atoms with Crippen LogP contribution in [0.4, 0.5) is 10.1 Å². The van der Waals surface area contributed by atoms with Crippen LogP contribution in [-0.4, -0.2) is 12.6 Å². The maximum absolute atomic E-state index is 14.4. The lowest BCUT2D eigenvalue weighted by Gasteiger charge is -2.39. The summed E-state index contributed by atoms with van der Waals surface area (Å²) in [5, 5.41) is 0. The van der Waals surface area contributed by atoms with Crippen molar-refractivity contribution in [2.45, 2.75) is 39.3 Å². The molecule has 1 fully saturated rings. The molecule has 1 aromatic carbocycles. The van der Waals surface area contributed by atoms with E-state index in [4.69, 9.17) is 5.73 Å². The maximum atomic E-state index is 14.4. The van der Waals surface area contributed by atoms with Crippen molar-refractivity contribution in [1.82, 2.24) is 0 Å². The SMILES string of the molecule is CC1CCC(C)N(c2ccc(CN)c(Br)c2F)C1. The smallest absolute Gasteiger partial charge is 0.160 e. The highest BCUT2D eigenvalue weighted by Gasteiger charge is 2.26. The monoisotopic (exact) mass is 314 g/mol. The second-order valence-corrected chi connectivity index (χ2v) is 6.05. The van der Waals surface area contributed by atoms with E-state index in [1.165, 1.54) is 6.42 Å². The topological polar surface area (TPSA) is 29.3 Å². The van der Waals surface area contributed by atoms with Crippen molar-refractivity contribution in [2.75, 3.05) is 11.4 Å². The molecule has 0 bridgehead atoms. The third kappa shape index (κ3) is 2.54. The Morgan fingerprint density at radius 2 is 2.11 bits per heavy atom. The van der Waals surface area contributed by atoms with E-state index in [9.17, 15) is 4.39 Å². The lowest BCUT2D eigenvalue weighted by molar-refractivity contribution is 0.386. The molecule has 0 saturated carbocycles. The molecule has 2 N–H and O–H groups in total. The molecule has 2 unspecified atom stereocenters. The lowest BCUT2D eigenvalue weighted by atomic mass is 9.94. The summed E-state index contributed by atoms with van der Waals surface area (Å²) < 4.78 is 14.9. The minimum absolute atomic E-state index is 0.182. The van der Waals surface area contributed by atoms with Crippen LogP contribution >= 0.6 is 15.9 Å². The first-order valence-electron chi connectivity index (χ1n) is 6.48. The summed E-state index contributed by atoms with van der Waals surface area (Å²) in [6.45, 7) is 5.66. The van der Waals surface area contributed by atoms with Crippen LogP contribution in [0.15, 0.2) is 16.6 Å². The fourth-order valence-corrected chi connectivity index (χ4v) is 3.08. The summed E-state index contributed by atoms with van der Waals surface area (Å²) in [5.41, 5.74) is 7.09. The Morgan fingerprint density at radius 3 is 2.78 bits per heavy atom. The first-order chi connectivity index (χ1) is 8.54. The van der Waals surface area contributed by atoms with Gasteiger partial charge in [-0.1, -0.05) is 13.0 Å². The van der Waals surface area contributed by atoms with Crippen LogP contribution in [0.3, 0.4) is 0 Å². The second-order valence-electron chi connectivity index (χ2n) is 5.26. The van der Waals surface area contributed by atoms with E-state index >= 15 is 0 Å². The van der Waals surface area contributed by atoms with Crippen molar-refractivity contribution in [2.24, 2.45) is 11.7 Å². The predicted molar refractivity (Wildman–Crippen MR) is 77.2 cm³/mol. The van der Waals surface area contributed by atoms with Crippen LogP contribution < -0.4 is 10.6 Å². The molecule has 1 aliphatic rings. The minimum atomic E-state index is -0.182. The molecule has 4 heteroatoms. The molecule has 0 amide bonds. The first kappa shape index (κ1) is 13.8. The van der Waals surface area contributed by atoms with Crippen LogP contribution in [0.5, 0.6) is 0 Å². The number of halogens is 2. The third-order valence-electron chi connectivity index (χ3n) is 3.79. The Balaban J connectivity index is 2.35. The number of hydrogen-bond donors (Lipinski definition) is 1. The van der Waals surface area contributed by atoms with Crippen molar-refractivity contribution in [3.8, 4) is 0 Å². The van der Waals surface area contributed by atoms with Gasteiger partial charge in [-0.25, -0.2) is 4.39 Å². The van der Waals surface area contributed by atoms with Crippen LogP contribution in [0.1, 0.15) is 32.3 Å². The molecule has 0 aromatic heterocycles. The van der Waals surface area contributed by atoms with Crippen molar-refractivity contribution >= 4 is 21.6 Å². The Morgan fingerprint density at radius 1 is 1.39 bits per heavy atom. The number of benzene rings is 1. The lowest BCUT2D eigenvalue weighted by Crippen LogP contribution is -2.41. The molecule has 1 heterocycles. The number of nitrogens with two attached hydrogens (primary N) is 1. The molecule has 0 spiro atoms. The summed E-state index contributed by atoms with van der Waals surface area (Å²) in [6, 6.07) is 4.16. The standard InChI is InChI=1S/C14H20BrFN2/c1-9-3-4-10(2)18(8-9)12-6-5-11(7-17)13(15)14(12)16/h5-6,9-10H,3-4,7-8,17H2,1-2H3. The van der Waals surface area contributed by atoms with Gasteiger partial charge in [0.15, 0.2) is 5.82 Å². The molecule has 1 aliphatic heterocycles. The number of anilines is 1. The molecule has 2 atom stereocenters. The van der Waals surface area contributed by atoms with Gasteiger partial charge in [-0.05, 0) is 53.2 Å². The fourth-order valence-electron chi connectivity index (χ4n) is 2.58. The van der Waals surface area contributed by atoms with E-state index in [-0.39, 0.29) is 5.82 Å². The quantitative estimate of drug-likeness (QED) is 0.902. The summed E-state index contributed by atoms with van der Waals surface area (Å²) in [7, 11) is 0. The van der Waals surface area contributed by atoms with Gasteiger partial charge in [0.2, 0.25) is 0 Å². The number of rotatable bonds is 2. The largest absolute Gasteiger partial charge is 0.366 e. The van der Waals surface area contributed by atoms with Gasteiger partial charge in [-0.3, -0.25) is 0 Å². The van der Waals surface area contributed by atoms with Gasteiger partial charge in [0.05, 0.1) is 10.2 Å². The van der Waals surface area contributed by atoms with E-state index in [0.29, 0.717) is 28.7 Å². The highest BCUT2D eigenvalue weighted by molar-refractivity contribution is 9.10. The molecule has 1 saturated heterocycles. The van der Waals surface area contributed by atoms with Crippen LogP contribution in [-0.2, 0) is 6.54 Å². The molecule has 18 heavy (non-hydrogen) atoms. The summed E-state index contributed by atoms with van der Waals surface area (Å²) in [5.74, 6) is 0.437. The average molecular weight is 315 g/mol. The van der Waals surface area contributed by atoms with Crippen molar-refractivity contribution < 1.29 is 4.39 Å². The molecule has 0 aliphatic carbocycles. The van der Waals surface area contributed by atoms with E-state index in [0.717, 1.165) is 18.5 Å². The van der Waals surface area contributed by atoms with Gasteiger partial charge in [0, 0.05) is 19.1 Å². The average Bonchev–Trinajstić information content (AvgIpc) is 2.36. The Labute approximate surface area is 116 Å². The minimum Gasteiger partial charge on any atom is -0.366 e. The van der Waals surface area contributed by atoms with E-state index in [2.05, 4.69) is 34.7 Å². The highest BCUT2D eigenvalue weighted by atomic mass is 79.9. The second kappa shape index (κ2) is 5.57. The zero-order valence-corrected chi connectivity index (χ0v) is 12.5. The number of hydrogen-bond acceptors (Lipinski definition) is 2. The van der Waals surface area contributed by atoms with Crippen LogP contribution in [0, 0.1) is 11.7 Å². The number of piperidine rings is 1. The van der Waals surface area contributed by atoms with Gasteiger partial charge in [-0.15, -0.1) is 0 Å². The zero-order chi connectivity index (χ0) is 13.3. The normalized spacial score (nSPS) is 24.4. The van der Waals surface area contributed by atoms with Crippen LogP contribution in [0.25, 0.3) is 0 Å². The molecule has 2 nitrogen and oxygen atoms in total. The fraction of sp³-hybridized carbons (Fsp3) is 0.571. The highest BCUT2D eigenvalue weighted by Crippen LogP contribution is 2.33. The number of nitrogens with zero attached hydrogens (tertiary/aromatic N) is 1. The van der Waals surface area contributed by atoms with E-state index < -0.39 is 0 Å². The summed E-state index contributed by atoms with van der Waals surface area (Å²) in [6.07, 6.45) is 2.35. The Bertz CT molecular complexity index is 436. The van der Waals surface area contributed by atoms with Gasteiger partial charge in [0.1, 0.15) is 0 Å². The van der Waals surface area contributed by atoms with Crippen molar-refractivity contribution in [3.05, 3.63) is 28.0 Å². The Kier molecular flexibility index (Phi) is 4.28. The van der Waals surface area contributed by atoms with Crippen LogP contribution in [0.2, 0.25) is 0 Å². The Hall–Kier alpha value is -0.610. The zero-order valence-electron chi connectivity index (χ0n) is 10.9. The summed E-state index contributed by atoms with van der Waals surface area (Å²) >= 11 is 3.31.